The number of halogens is 2. The lowest BCUT2D eigenvalue weighted by Crippen LogP contribution is -2.69. The molecule has 0 radical (unpaired) electrons. The molecule has 0 aromatic heterocycles. The first kappa shape index (κ1) is 25.9. The maximum absolute atomic E-state index is 12.3. The van der Waals surface area contributed by atoms with Crippen LogP contribution in [0.15, 0.2) is 0 Å². The average Bonchev–Trinajstić information content (AvgIpc) is 3.14. The molecule has 0 saturated heterocycles. The molecule has 0 aromatic carbocycles. The largest absolute Gasteiger partial charge is 0.351 e. The zero-order valence-corrected chi connectivity index (χ0v) is 21.1. The van der Waals surface area contributed by atoms with Crippen LogP contribution in [0.5, 0.6) is 0 Å². The van der Waals surface area contributed by atoms with Gasteiger partial charge in [0.15, 0.2) is 0 Å². The lowest BCUT2D eigenvalue weighted by atomic mass is 9.40. The summed E-state index contributed by atoms with van der Waals surface area (Å²) >= 11 is 0. The lowest BCUT2D eigenvalue weighted by Gasteiger charge is -2.67. The van der Waals surface area contributed by atoms with Gasteiger partial charge in [0.2, 0.25) is 0 Å². The summed E-state index contributed by atoms with van der Waals surface area (Å²) in [4.78, 5) is 15.0. The Labute approximate surface area is 194 Å². The number of fused-ring (bicyclic) bond motifs is 5. The molecule has 0 spiro atoms. The predicted molar refractivity (Wildman–Crippen MR) is 125 cm³/mol. The van der Waals surface area contributed by atoms with E-state index in [-0.39, 0.29) is 11.5 Å². The fourth-order valence-corrected chi connectivity index (χ4v) is 9.33. The first-order valence-corrected chi connectivity index (χ1v) is 13.2. The molecule has 2 N–H and O–H groups in total. The van der Waals surface area contributed by atoms with E-state index in [4.69, 9.17) is 5.73 Å². The molecule has 0 heterocycles. The van der Waals surface area contributed by atoms with E-state index in [1.807, 2.05) is 0 Å². The molecular weight excluding hydrogens is 408 g/mol. The van der Waals surface area contributed by atoms with Crippen LogP contribution < -0.4 is 5.73 Å². The summed E-state index contributed by atoms with van der Waals surface area (Å²) in [5.74, 6) is 2.65. The Morgan fingerprint density at radius 2 is 1.75 bits per heavy atom. The second-order valence-corrected chi connectivity index (χ2v) is 12.1. The van der Waals surface area contributed by atoms with Crippen LogP contribution in [0.4, 0.5) is 8.92 Å². The summed E-state index contributed by atoms with van der Waals surface area (Å²) in [7, 11) is 0.500. The van der Waals surface area contributed by atoms with Crippen molar-refractivity contribution in [1.29, 1.82) is 0 Å². The molecule has 0 bridgehead atoms. The quantitative estimate of drug-likeness (QED) is 0.477. The summed E-state index contributed by atoms with van der Waals surface area (Å²) in [5.41, 5.74) is 8.02. The Morgan fingerprint density at radius 3 is 2.41 bits per heavy atom. The third-order valence-electron chi connectivity index (χ3n) is 11.3. The van der Waals surface area contributed by atoms with Crippen LogP contribution in [-0.4, -0.2) is 18.7 Å². The second kappa shape index (κ2) is 9.88. The van der Waals surface area contributed by atoms with Gasteiger partial charge in [0.05, 0.1) is 13.1 Å². The van der Waals surface area contributed by atoms with Crippen molar-refractivity contribution < 1.29 is 18.7 Å². The maximum atomic E-state index is 12.3. The molecule has 4 aliphatic rings. The van der Waals surface area contributed by atoms with Gasteiger partial charge in [-0.1, -0.05) is 47.0 Å². The van der Waals surface area contributed by atoms with Crippen molar-refractivity contribution in [2.24, 2.45) is 52.1 Å². The molecular formula is C27H47F2NO2. The van der Waals surface area contributed by atoms with E-state index in [1.165, 1.54) is 64.2 Å². The van der Waals surface area contributed by atoms with Gasteiger partial charge in [-0.05, 0) is 98.2 Å². The monoisotopic (exact) mass is 455 g/mol. The standard InChI is InChI=1S/C26H44FNO2.CH3F/c1-5-18-16-20-21-11-10-19(9-8-17(2)23(29)30-27)24(21,3)15-12-22(20)25(4)13-6-7-14-26(18,25)28;1-2/h17-22H,5-16,28H2,1-4H3;1H3/t17?,18-,19?,20?,21?,22?,24?,25?,26?;/m0./s1. The fourth-order valence-electron chi connectivity index (χ4n) is 9.33. The molecule has 3 nitrogen and oxygen atoms in total. The highest BCUT2D eigenvalue weighted by atomic mass is 19.3. The van der Waals surface area contributed by atoms with Crippen molar-refractivity contribution >= 4 is 5.97 Å². The number of hydrogen-bond acceptors (Lipinski definition) is 3. The van der Waals surface area contributed by atoms with Crippen molar-refractivity contribution in [3.05, 3.63) is 0 Å². The molecule has 4 fully saturated rings. The van der Waals surface area contributed by atoms with E-state index in [1.54, 1.807) is 6.92 Å². The minimum Gasteiger partial charge on any atom is -0.324 e. The van der Waals surface area contributed by atoms with Crippen LogP contribution in [-0.2, 0) is 9.74 Å². The summed E-state index contributed by atoms with van der Waals surface area (Å²) in [5, 5.41) is 0. The third kappa shape index (κ3) is 3.92. The maximum Gasteiger partial charge on any atom is 0.351 e. The van der Waals surface area contributed by atoms with E-state index in [9.17, 15) is 13.7 Å². The molecule has 186 valence electrons. The Bertz CT molecular complexity index is 660. The molecule has 4 saturated carbocycles. The van der Waals surface area contributed by atoms with Gasteiger partial charge in [0.1, 0.15) is 0 Å². The summed E-state index contributed by atoms with van der Waals surface area (Å²) in [6.07, 6.45) is 14.7. The molecule has 0 aliphatic heterocycles. The first-order valence-electron chi connectivity index (χ1n) is 13.2. The Balaban J connectivity index is 0.00000141. The van der Waals surface area contributed by atoms with Crippen molar-refractivity contribution in [3.63, 3.8) is 0 Å². The van der Waals surface area contributed by atoms with Crippen LogP contribution >= 0.6 is 0 Å². The zero-order chi connectivity index (χ0) is 23.7. The Kier molecular flexibility index (Phi) is 8.00. The molecule has 4 aliphatic carbocycles. The van der Waals surface area contributed by atoms with Crippen molar-refractivity contribution in [2.45, 2.75) is 110 Å². The van der Waals surface area contributed by atoms with Crippen LogP contribution in [0, 0.1) is 46.3 Å². The highest BCUT2D eigenvalue weighted by Crippen LogP contribution is 2.69. The van der Waals surface area contributed by atoms with Gasteiger partial charge in [-0.25, -0.2) is 4.79 Å². The van der Waals surface area contributed by atoms with E-state index in [2.05, 4.69) is 25.7 Å². The third-order valence-corrected chi connectivity index (χ3v) is 11.3. The van der Waals surface area contributed by atoms with E-state index < -0.39 is 5.97 Å². The summed E-state index contributed by atoms with van der Waals surface area (Å²) < 4.78 is 21.8. The number of alkyl halides is 1. The summed E-state index contributed by atoms with van der Waals surface area (Å²) in [6, 6.07) is 0. The van der Waals surface area contributed by atoms with Crippen LogP contribution in [0.25, 0.3) is 0 Å². The normalized spacial score (nSPS) is 46.1. The van der Waals surface area contributed by atoms with Gasteiger partial charge < -0.3 is 5.73 Å². The SMILES string of the molecule is CC[C@H]1CC2C3CCC(CCC(C)C(=O)OF)C3(C)CCC2C2(C)CCCCC12N.CF. The number of carbonyl (C=O) groups excluding carboxylic acids is 1. The molecule has 4 rings (SSSR count). The Hall–Kier alpha value is -0.710. The lowest BCUT2D eigenvalue weighted by molar-refractivity contribution is -0.188. The number of rotatable bonds is 5. The van der Waals surface area contributed by atoms with Crippen molar-refractivity contribution in [1.82, 2.24) is 0 Å². The van der Waals surface area contributed by atoms with Gasteiger partial charge in [0.25, 0.3) is 0 Å². The number of carbonyl (C=O) groups is 1. The molecule has 5 heteroatoms. The van der Waals surface area contributed by atoms with Gasteiger partial charge in [-0.15, -0.1) is 0 Å². The van der Waals surface area contributed by atoms with Crippen LogP contribution in [0.1, 0.15) is 105 Å². The van der Waals surface area contributed by atoms with Gasteiger partial charge in [-0.2, -0.15) is 0 Å². The molecule has 0 aromatic rings. The summed E-state index contributed by atoms with van der Waals surface area (Å²) in [6.45, 7) is 9.26. The predicted octanol–water partition coefficient (Wildman–Crippen LogP) is 7.18. The van der Waals surface area contributed by atoms with E-state index in [0.717, 1.165) is 30.6 Å². The Morgan fingerprint density at radius 1 is 1.06 bits per heavy atom. The highest BCUT2D eigenvalue weighted by molar-refractivity contribution is 5.71. The van der Waals surface area contributed by atoms with Crippen molar-refractivity contribution in [2.75, 3.05) is 7.18 Å². The molecule has 0 amide bonds. The van der Waals surface area contributed by atoms with Crippen LogP contribution in [0.2, 0.25) is 0 Å². The average molecular weight is 456 g/mol. The fraction of sp³-hybridized carbons (Fsp3) is 0.963. The van der Waals surface area contributed by atoms with E-state index in [0.29, 0.717) is 29.8 Å². The van der Waals surface area contributed by atoms with Gasteiger partial charge in [-0.3, -0.25) is 9.33 Å². The minimum atomic E-state index is -0.707. The molecule has 32 heavy (non-hydrogen) atoms. The first-order chi connectivity index (χ1) is 15.2. The molecule has 8 unspecified atom stereocenters. The number of nitrogens with two attached hydrogens (primary N) is 1. The van der Waals surface area contributed by atoms with Crippen molar-refractivity contribution in [3.8, 4) is 0 Å². The van der Waals surface area contributed by atoms with Gasteiger partial charge in [0, 0.05) is 10.1 Å². The highest BCUT2D eigenvalue weighted by Gasteiger charge is 2.65. The van der Waals surface area contributed by atoms with Gasteiger partial charge >= 0.3 is 5.97 Å². The minimum absolute atomic E-state index is 0.0368. The van der Waals surface area contributed by atoms with E-state index >= 15 is 0 Å². The van der Waals surface area contributed by atoms with Crippen LogP contribution in [0.3, 0.4) is 0 Å². The molecule has 9 atom stereocenters. The topological polar surface area (TPSA) is 52.3 Å². The smallest absolute Gasteiger partial charge is 0.324 e. The number of hydrogen-bond donors (Lipinski definition) is 1. The zero-order valence-electron chi connectivity index (χ0n) is 21.1. The second-order valence-electron chi connectivity index (χ2n) is 12.1.